The quantitative estimate of drug-likeness (QED) is 0.356. The molecule has 3 aromatic rings. The van der Waals surface area contributed by atoms with Gasteiger partial charge in [-0.1, -0.05) is 19.1 Å². The van der Waals surface area contributed by atoms with E-state index in [1.165, 1.54) is 4.68 Å². The number of aliphatic hydroxyl groups is 2. The number of halogens is 7. The van der Waals surface area contributed by atoms with Crippen molar-refractivity contribution in [3.05, 3.63) is 77.4 Å². The summed E-state index contributed by atoms with van der Waals surface area (Å²) in [6, 6.07) is 6.26. The number of aliphatic hydroxyl groups excluding tert-OH is 1. The Morgan fingerprint density at radius 3 is 2.24 bits per heavy atom. The Morgan fingerprint density at radius 1 is 1.02 bits per heavy atom. The van der Waals surface area contributed by atoms with E-state index in [0.29, 0.717) is 24.2 Å². The molecule has 0 aliphatic carbocycles. The van der Waals surface area contributed by atoms with Crippen molar-refractivity contribution in [1.29, 1.82) is 0 Å². The number of benzene rings is 2. The number of anilines is 1. The summed E-state index contributed by atoms with van der Waals surface area (Å²) >= 11 is 0. The molecule has 2 N–H and O–H groups in total. The van der Waals surface area contributed by atoms with Crippen molar-refractivity contribution >= 4 is 15.7 Å². The predicted molar refractivity (Wildman–Crippen MR) is 133 cm³/mol. The number of hydrogen-bond acceptors (Lipinski definition) is 5. The van der Waals surface area contributed by atoms with Crippen LogP contribution in [-0.2, 0) is 35.0 Å². The van der Waals surface area contributed by atoms with Crippen molar-refractivity contribution in [3.63, 3.8) is 0 Å². The van der Waals surface area contributed by atoms with Gasteiger partial charge in [-0.05, 0) is 61.2 Å². The molecule has 0 saturated heterocycles. The van der Waals surface area contributed by atoms with E-state index >= 15 is 0 Å². The van der Waals surface area contributed by atoms with E-state index in [-0.39, 0.29) is 42.0 Å². The third-order valence-corrected chi connectivity index (χ3v) is 8.89. The molecule has 1 aromatic heterocycles. The SMILES string of the molecule is CCC(O)Cn1ccc(CC2CCc3cc(C(O)(C(F)(F)F)C(F)(F)F)ccc3N2S(=O)(=O)c2ccc(F)cc2)n1. The maximum Gasteiger partial charge on any atom is 0.430 e. The van der Waals surface area contributed by atoms with E-state index in [4.69, 9.17) is 0 Å². The molecule has 2 unspecified atom stereocenters. The summed E-state index contributed by atoms with van der Waals surface area (Å²) in [6.07, 6.45) is -10.9. The van der Waals surface area contributed by atoms with Gasteiger partial charge in [0.2, 0.25) is 0 Å². The van der Waals surface area contributed by atoms with Gasteiger partial charge in [-0.3, -0.25) is 8.99 Å². The molecule has 2 heterocycles. The summed E-state index contributed by atoms with van der Waals surface area (Å²) in [4.78, 5) is -0.348. The summed E-state index contributed by atoms with van der Waals surface area (Å²) < 4.78 is 125. The fraction of sp³-hybridized carbons (Fsp3) is 0.423. The van der Waals surface area contributed by atoms with Crippen LogP contribution in [0.25, 0.3) is 0 Å². The van der Waals surface area contributed by atoms with Crippen molar-refractivity contribution < 1.29 is 49.4 Å². The van der Waals surface area contributed by atoms with Gasteiger partial charge in [-0.2, -0.15) is 31.4 Å². The van der Waals surface area contributed by atoms with E-state index < -0.39 is 51.5 Å². The summed E-state index contributed by atoms with van der Waals surface area (Å²) in [6.45, 7) is 1.97. The van der Waals surface area contributed by atoms with Crippen LogP contribution < -0.4 is 4.31 Å². The van der Waals surface area contributed by atoms with Gasteiger partial charge < -0.3 is 10.2 Å². The van der Waals surface area contributed by atoms with E-state index in [2.05, 4.69) is 5.10 Å². The maximum absolute atomic E-state index is 13.8. The van der Waals surface area contributed by atoms with E-state index in [1.807, 2.05) is 0 Å². The van der Waals surface area contributed by atoms with Crippen LogP contribution in [0.15, 0.2) is 59.6 Å². The summed E-state index contributed by atoms with van der Waals surface area (Å²) in [5, 5.41) is 24.1. The summed E-state index contributed by atoms with van der Waals surface area (Å²) in [7, 11) is -4.50. The number of rotatable bonds is 8. The average Bonchev–Trinajstić information content (AvgIpc) is 3.32. The number of nitrogens with zero attached hydrogens (tertiary/aromatic N) is 3. The molecule has 15 heteroatoms. The zero-order valence-corrected chi connectivity index (χ0v) is 22.3. The monoisotopic (exact) mass is 609 g/mol. The molecule has 2 atom stereocenters. The van der Waals surface area contributed by atoms with Crippen LogP contribution in [0.1, 0.15) is 36.6 Å². The number of hydrogen-bond donors (Lipinski definition) is 2. The molecule has 0 bridgehead atoms. The fourth-order valence-electron chi connectivity index (χ4n) is 4.78. The molecular weight excluding hydrogens is 583 g/mol. The van der Waals surface area contributed by atoms with Gasteiger partial charge in [-0.15, -0.1) is 0 Å². The Balaban J connectivity index is 1.80. The normalized spacial score (nSPS) is 17.4. The second kappa shape index (κ2) is 10.9. The van der Waals surface area contributed by atoms with Gasteiger partial charge in [0.25, 0.3) is 15.6 Å². The molecule has 0 spiro atoms. The Labute approximate surface area is 230 Å². The molecular formula is C26H26F7N3O4S. The first kappa shape index (κ1) is 30.8. The topological polar surface area (TPSA) is 95.7 Å². The molecule has 1 aliphatic rings. The van der Waals surface area contributed by atoms with Gasteiger partial charge in [0.05, 0.1) is 35.0 Å². The van der Waals surface area contributed by atoms with Gasteiger partial charge in [0, 0.05) is 18.2 Å². The van der Waals surface area contributed by atoms with Crippen molar-refractivity contribution in [1.82, 2.24) is 9.78 Å². The molecule has 0 amide bonds. The van der Waals surface area contributed by atoms with E-state index in [9.17, 15) is 49.4 Å². The Bertz CT molecular complexity index is 1470. The highest BCUT2D eigenvalue weighted by molar-refractivity contribution is 7.92. The van der Waals surface area contributed by atoms with Crippen molar-refractivity contribution in [2.24, 2.45) is 0 Å². The van der Waals surface area contributed by atoms with Gasteiger partial charge in [0.15, 0.2) is 0 Å². The second-order valence-corrected chi connectivity index (χ2v) is 11.6. The highest BCUT2D eigenvalue weighted by Crippen LogP contribution is 2.51. The van der Waals surface area contributed by atoms with E-state index in [0.717, 1.165) is 34.6 Å². The molecule has 0 saturated carbocycles. The summed E-state index contributed by atoms with van der Waals surface area (Å²) in [5.41, 5.74) is -6.58. The molecule has 7 nitrogen and oxygen atoms in total. The Hall–Kier alpha value is -3.17. The number of aryl methyl sites for hydroxylation is 1. The first-order valence-corrected chi connectivity index (χ1v) is 13.9. The molecule has 1 aliphatic heterocycles. The van der Waals surface area contributed by atoms with Gasteiger partial charge in [0.1, 0.15) is 5.82 Å². The first-order valence-electron chi connectivity index (χ1n) is 12.5. The zero-order valence-electron chi connectivity index (χ0n) is 21.5. The largest absolute Gasteiger partial charge is 0.430 e. The lowest BCUT2D eigenvalue weighted by molar-refractivity contribution is -0.376. The third kappa shape index (κ3) is 5.79. The first-order chi connectivity index (χ1) is 19.0. The molecule has 224 valence electrons. The Kier molecular flexibility index (Phi) is 8.19. The number of aromatic nitrogens is 2. The van der Waals surface area contributed by atoms with Crippen molar-refractivity contribution in [2.75, 3.05) is 4.31 Å². The number of alkyl halides is 6. The van der Waals surface area contributed by atoms with Crippen molar-refractivity contribution in [3.8, 4) is 0 Å². The van der Waals surface area contributed by atoms with E-state index in [1.54, 1.807) is 19.2 Å². The van der Waals surface area contributed by atoms with Crippen LogP contribution in [-0.4, -0.2) is 52.9 Å². The molecule has 2 aromatic carbocycles. The highest BCUT2D eigenvalue weighted by Gasteiger charge is 2.71. The number of fused-ring (bicyclic) bond motifs is 1. The maximum atomic E-state index is 13.8. The zero-order chi connectivity index (χ0) is 30.4. The van der Waals surface area contributed by atoms with Gasteiger partial charge in [-0.25, -0.2) is 12.8 Å². The van der Waals surface area contributed by atoms with Crippen molar-refractivity contribution in [2.45, 2.75) is 74.1 Å². The predicted octanol–water partition coefficient (Wildman–Crippen LogP) is 4.86. The molecule has 0 fully saturated rings. The molecule has 0 radical (unpaired) electrons. The van der Waals surface area contributed by atoms with Crippen LogP contribution >= 0.6 is 0 Å². The third-order valence-electron chi connectivity index (χ3n) is 7.01. The van der Waals surface area contributed by atoms with Crippen LogP contribution in [0, 0.1) is 5.82 Å². The lowest BCUT2D eigenvalue weighted by Crippen LogP contribution is -2.54. The minimum atomic E-state index is -6.11. The minimum absolute atomic E-state index is 0.0161. The minimum Gasteiger partial charge on any atom is -0.391 e. The van der Waals surface area contributed by atoms with Crippen LogP contribution in [0.3, 0.4) is 0 Å². The fourth-order valence-corrected chi connectivity index (χ4v) is 6.50. The standard InChI is InChI=1S/C26H26F7N3O4S/c1-2-21(37)15-35-12-11-19(34-35)14-20-7-3-16-13-17(24(38,25(28,29)30)26(31,32)33)4-10-23(16)36(20)41(39,40)22-8-5-18(27)6-9-22/h4-6,8-13,20-21,37-38H,2-3,7,14-15H2,1H3. The van der Waals surface area contributed by atoms with Crippen LogP contribution in [0.4, 0.5) is 36.4 Å². The smallest absolute Gasteiger partial charge is 0.391 e. The van der Waals surface area contributed by atoms with Crippen LogP contribution in [0.5, 0.6) is 0 Å². The highest BCUT2D eigenvalue weighted by atomic mass is 32.2. The molecule has 4 rings (SSSR count). The summed E-state index contributed by atoms with van der Waals surface area (Å²) in [5.74, 6) is -0.720. The average molecular weight is 610 g/mol. The van der Waals surface area contributed by atoms with Gasteiger partial charge >= 0.3 is 12.4 Å². The second-order valence-electron chi connectivity index (χ2n) is 9.79. The number of sulfonamides is 1. The van der Waals surface area contributed by atoms with Crippen LogP contribution in [0.2, 0.25) is 0 Å². The molecule has 41 heavy (non-hydrogen) atoms. The lowest BCUT2D eigenvalue weighted by atomic mass is 9.87. The Morgan fingerprint density at radius 2 is 1.66 bits per heavy atom. The lowest BCUT2D eigenvalue weighted by Gasteiger charge is -2.39.